The van der Waals surface area contributed by atoms with E-state index in [4.69, 9.17) is 0 Å². The van der Waals surface area contributed by atoms with Crippen LogP contribution in [0.1, 0.15) is 16.7 Å². The topological polar surface area (TPSA) is 4.93 Å². The smallest absolute Gasteiger partial charge is 0.0534 e. The van der Waals surface area contributed by atoms with Crippen molar-refractivity contribution in [1.82, 2.24) is 4.57 Å². The number of hydrogen-bond acceptors (Lipinski definition) is 0. The van der Waals surface area contributed by atoms with Gasteiger partial charge < -0.3 is 4.57 Å². The lowest BCUT2D eigenvalue weighted by Crippen LogP contribution is -1.91. The maximum absolute atomic E-state index is 2.29. The molecule has 0 N–H and O–H groups in total. The van der Waals surface area contributed by atoms with Gasteiger partial charge in [0.25, 0.3) is 0 Å². The van der Waals surface area contributed by atoms with E-state index >= 15 is 0 Å². The second-order valence-corrected chi connectivity index (χ2v) is 7.60. The third kappa shape index (κ3) is 3.46. The Balaban J connectivity index is 1.66. The molecule has 0 saturated carbocycles. The second-order valence-electron chi connectivity index (χ2n) is 7.60. The Morgan fingerprint density at radius 3 is 2.13 bits per heavy atom. The lowest BCUT2D eigenvalue weighted by Gasteiger charge is -2.06. The van der Waals surface area contributed by atoms with Gasteiger partial charge in [0.05, 0.1) is 5.52 Å². The Bertz CT molecular complexity index is 1320. The fourth-order valence-electron chi connectivity index (χ4n) is 3.95. The van der Waals surface area contributed by atoms with E-state index in [9.17, 15) is 0 Å². The maximum atomic E-state index is 2.29. The molecular weight excluding hydrogens is 362 g/mol. The second kappa shape index (κ2) is 7.88. The summed E-state index contributed by atoms with van der Waals surface area (Å²) >= 11 is 0. The van der Waals surface area contributed by atoms with E-state index in [0.717, 1.165) is 0 Å². The summed E-state index contributed by atoms with van der Waals surface area (Å²) in [6, 6.07) is 36.4. The molecule has 5 rings (SSSR count). The summed E-state index contributed by atoms with van der Waals surface area (Å²) in [7, 11) is 0. The van der Waals surface area contributed by atoms with Crippen molar-refractivity contribution in [3.8, 4) is 16.8 Å². The van der Waals surface area contributed by atoms with Crippen LogP contribution in [0.4, 0.5) is 0 Å². The SMILES string of the molecule is Cc1ccc(-n2cc(-c3ccccc3/C=C/c3ccccc3)c3ccccc32)cc1. The summed E-state index contributed by atoms with van der Waals surface area (Å²) in [6.07, 6.45) is 6.66. The van der Waals surface area contributed by atoms with Gasteiger partial charge in [-0.15, -0.1) is 0 Å². The van der Waals surface area contributed by atoms with E-state index in [2.05, 4.69) is 127 Å². The molecule has 1 heterocycles. The minimum atomic E-state index is 1.18. The van der Waals surface area contributed by atoms with Crippen LogP contribution in [0.5, 0.6) is 0 Å². The van der Waals surface area contributed by atoms with Crippen molar-refractivity contribution in [3.63, 3.8) is 0 Å². The van der Waals surface area contributed by atoms with Gasteiger partial charge in [0, 0.05) is 22.8 Å². The van der Waals surface area contributed by atoms with Crippen LogP contribution in [0.2, 0.25) is 0 Å². The number of rotatable bonds is 4. The van der Waals surface area contributed by atoms with Crippen molar-refractivity contribution in [2.45, 2.75) is 6.92 Å². The van der Waals surface area contributed by atoms with Crippen LogP contribution in [-0.2, 0) is 0 Å². The van der Waals surface area contributed by atoms with Gasteiger partial charge in [-0.05, 0) is 41.8 Å². The maximum Gasteiger partial charge on any atom is 0.0534 e. The molecule has 144 valence electrons. The summed E-state index contributed by atoms with van der Waals surface area (Å²) in [5.41, 5.74) is 8.58. The minimum Gasteiger partial charge on any atom is -0.316 e. The summed E-state index contributed by atoms with van der Waals surface area (Å²) in [6.45, 7) is 2.12. The molecule has 0 aliphatic heterocycles. The number of nitrogens with zero attached hydrogens (tertiary/aromatic N) is 1. The molecule has 5 aromatic rings. The van der Waals surface area contributed by atoms with Gasteiger partial charge in [0.2, 0.25) is 0 Å². The number of aromatic nitrogens is 1. The van der Waals surface area contributed by atoms with Gasteiger partial charge in [0.1, 0.15) is 0 Å². The fourth-order valence-corrected chi connectivity index (χ4v) is 3.95. The molecule has 0 spiro atoms. The first-order valence-electron chi connectivity index (χ1n) is 10.3. The summed E-state index contributed by atoms with van der Waals surface area (Å²) in [5.74, 6) is 0. The van der Waals surface area contributed by atoms with Crippen LogP contribution in [0.15, 0.2) is 109 Å². The zero-order valence-corrected chi connectivity index (χ0v) is 17.0. The van der Waals surface area contributed by atoms with E-state index in [0.29, 0.717) is 0 Å². The van der Waals surface area contributed by atoms with Crippen molar-refractivity contribution in [2.24, 2.45) is 0 Å². The van der Waals surface area contributed by atoms with Gasteiger partial charge in [-0.1, -0.05) is 103 Å². The highest BCUT2D eigenvalue weighted by Crippen LogP contribution is 2.35. The Labute approximate surface area is 177 Å². The molecule has 0 unspecified atom stereocenters. The molecule has 0 amide bonds. The van der Waals surface area contributed by atoms with E-state index in [1.54, 1.807) is 0 Å². The van der Waals surface area contributed by atoms with Crippen LogP contribution in [-0.4, -0.2) is 4.57 Å². The van der Waals surface area contributed by atoms with Gasteiger partial charge >= 0.3 is 0 Å². The molecule has 0 fully saturated rings. The standard InChI is InChI=1S/C29H23N/c1-22-15-19-25(20-16-22)30-21-28(27-13-7-8-14-29(27)30)26-12-6-5-11-24(26)18-17-23-9-3-2-4-10-23/h2-21H,1H3/b18-17+. The molecule has 0 radical (unpaired) electrons. The van der Waals surface area contributed by atoms with Crippen LogP contribution < -0.4 is 0 Å². The molecule has 0 aliphatic rings. The van der Waals surface area contributed by atoms with E-state index < -0.39 is 0 Å². The first kappa shape index (κ1) is 18.2. The molecule has 1 heteroatoms. The van der Waals surface area contributed by atoms with Crippen LogP contribution in [0.3, 0.4) is 0 Å². The average molecular weight is 386 g/mol. The third-order valence-corrected chi connectivity index (χ3v) is 5.53. The molecule has 0 atom stereocenters. The molecule has 4 aromatic carbocycles. The zero-order chi connectivity index (χ0) is 20.3. The van der Waals surface area contributed by atoms with Crippen molar-refractivity contribution >= 4 is 23.1 Å². The molecule has 0 bridgehead atoms. The minimum absolute atomic E-state index is 1.18. The molecule has 1 nitrogen and oxygen atoms in total. The highest BCUT2D eigenvalue weighted by atomic mass is 15.0. The summed E-state index contributed by atoms with van der Waals surface area (Å²) in [5, 5.41) is 1.26. The largest absolute Gasteiger partial charge is 0.316 e. The number of benzene rings is 4. The summed E-state index contributed by atoms with van der Waals surface area (Å²) in [4.78, 5) is 0. The van der Waals surface area contributed by atoms with E-state index in [1.807, 2.05) is 6.07 Å². The molecule has 0 saturated heterocycles. The average Bonchev–Trinajstić information content (AvgIpc) is 3.19. The molecule has 1 aromatic heterocycles. The fraction of sp³-hybridized carbons (Fsp3) is 0.0345. The Kier molecular flexibility index (Phi) is 4.78. The Hall–Kier alpha value is -3.84. The Morgan fingerprint density at radius 1 is 0.600 bits per heavy atom. The number of aryl methyl sites for hydroxylation is 1. The Morgan fingerprint density at radius 2 is 1.30 bits per heavy atom. The van der Waals surface area contributed by atoms with Gasteiger partial charge in [0.15, 0.2) is 0 Å². The summed E-state index contributed by atoms with van der Waals surface area (Å²) < 4.78 is 2.29. The monoisotopic (exact) mass is 385 g/mol. The van der Waals surface area contributed by atoms with Crippen molar-refractivity contribution in [1.29, 1.82) is 0 Å². The lowest BCUT2D eigenvalue weighted by atomic mass is 9.98. The van der Waals surface area contributed by atoms with Crippen molar-refractivity contribution < 1.29 is 0 Å². The van der Waals surface area contributed by atoms with Crippen LogP contribution in [0, 0.1) is 6.92 Å². The van der Waals surface area contributed by atoms with E-state index in [-0.39, 0.29) is 0 Å². The highest BCUT2D eigenvalue weighted by molar-refractivity contribution is 5.99. The van der Waals surface area contributed by atoms with E-state index in [1.165, 1.54) is 44.4 Å². The van der Waals surface area contributed by atoms with Crippen molar-refractivity contribution in [3.05, 3.63) is 126 Å². The molecular formula is C29H23N. The zero-order valence-electron chi connectivity index (χ0n) is 17.0. The van der Waals surface area contributed by atoms with Gasteiger partial charge in [-0.2, -0.15) is 0 Å². The third-order valence-electron chi connectivity index (χ3n) is 5.53. The van der Waals surface area contributed by atoms with Crippen molar-refractivity contribution in [2.75, 3.05) is 0 Å². The molecule has 0 aliphatic carbocycles. The highest BCUT2D eigenvalue weighted by Gasteiger charge is 2.13. The van der Waals surface area contributed by atoms with Gasteiger partial charge in [-0.25, -0.2) is 0 Å². The predicted molar refractivity (Wildman–Crippen MR) is 129 cm³/mol. The van der Waals surface area contributed by atoms with Crippen LogP contribution in [0.25, 0.3) is 39.9 Å². The predicted octanol–water partition coefficient (Wildman–Crippen LogP) is 7.78. The normalized spacial score (nSPS) is 11.4. The lowest BCUT2D eigenvalue weighted by molar-refractivity contribution is 1.12. The first-order valence-corrected chi connectivity index (χ1v) is 10.3. The molecule has 30 heavy (non-hydrogen) atoms. The number of fused-ring (bicyclic) bond motifs is 1. The first-order chi connectivity index (χ1) is 14.8. The van der Waals surface area contributed by atoms with Crippen LogP contribution >= 0.6 is 0 Å². The van der Waals surface area contributed by atoms with Gasteiger partial charge in [-0.3, -0.25) is 0 Å². The number of hydrogen-bond donors (Lipinski definition) is 0. The quantitative estimate of drug-likeness (QED) is 0.278. The number of para-hydroxylation sites is 1.